The van der Waals surface area contributed by atoms with Crippen LogP contribution >= 0.6 is 0 Å². The summed E-state index contributed by atoms with van der Waals surface area (Å²) in [6.07, 6.45) is 2.39. The average molecular weight is 285 g/mol. The number of hydrogen-bond acceptors (Lipinski definition) is 3. The predicted octanol–water partition coefficient (Wildman–Crippen LogP) is 0.596. The molecule has 1 fully saturated rings. The van der Waals surface area contributed by atoms with E-state index in [0.717, 1.165) is 12.8 Å². The fraction of sp³-hybridized carbons (Fsp3) is 0.769. The zero-order valence-electron chi connectivity index (χ0n) is 12.2. The van der Waals surface area contributed by atoms with Crippen LogP contribution in [0, 0.1) is 0 Å². The summed E-state index contributed by atoms with van der Waals surface area (Å²) in [6, 6.07) is -1.36. The van der Waals surface area contributed by atoms with Crippen LogP contribution < -0.4 is 16.0 Å². The van der Waals surface area contributed by atoms with Crippen LogP contribution in [-0.4, -0.2) is 40.6 Å². The molecule has 0 aromatic carbocycles. The van der Waals surface area contributed by atoms with Gasteiger partial charge >= 0.3 is 12.0 Å². The molecule has 0 aliphatic heterocycles. The fourth-order valence-electron chi connectivity index (χ4n) is 2.30. The average Bonchev–Trinajstić information content (AvgIpc) is 2.77. The monoisotopic (exact) mass is 285 g/mol. The smallest absolute Gasteiger partial charge is 0.329 e. The third-order valence-corrected chi connectivity index (χ3v) is 3.39. The van der Waals surface area contributed by atoms with Gasteiger partial charge in [0.25, 0.3) is 0 Å². The van der Waals surface area contributed by atoms with Gasteiger partial charge in [0.1, 0.15) is 11.6 Å². The molecule has 0 aromatic heterocycles. The zero-order chi connectivity index (χ0) is 15.3. The molecule has 7 nitrogen and oxygen atoms in total. The van der Waals surface area contributed by atoms with E-state index in [1.165, 1.54) is 0 Å². The van der Waals surface area contributed by atoms with Crippen LogP contribution in [0.5, 0.6) is 0 Å². The van der Waals surface area contributed by atoms with E-state index < -0.39 is 23.6 Å². The summed E-state index contributed by atoms with van der Waals surface area (Å²) in [5.74, 6) is -1.32. The van der Waals surface area contributed by atoms with E-state index in [1.54, 1.807) is 6.92 Å². The molecule has 1 rings (SSSR count). The molecule has 20 heavy (non-hydrogen) atoms. The van der Waals surface area contributed by atoms with Gasteiger partial charge in [0.2, 0.25) is 5.91 Å². The number of amides is 3. The van der Waals surface area contributed by atoms with Gasteiger partial charge in [-0.1, -0.05) is 12.8 Å². The summed E-state index contributed by atoms with van der Waals surface area (Å²) in [6.45, 7) is 5.20. The number of carbonyl (C=O) groups is 3. The Morgan fingerprint density at radius 3 is 2.05 bits per heavy atom. The van der Waals surface area contributed by atoms with Gasteiger partial charge < -0.3 is 21.1 Å². The van der Waals surface area contributed by atoms with Crippen molar-refractivity contribution in [3.8, 4) is 0 Å². The Kier molecular flexibility index (Phi) is 5.35. The molecule has 4 N–H and O–H groups in total. The van der Waals surface area contributed by atoms with Crippen molar-refractivity contribution in [3.63, 3.8) is 0 Å². The van der Waals surface area contributed by atoms with Crippen molar-refractivity contribution in [1.29, 1.82) is 0 Å². The van der Waals surface area contributed by atoms with Crippen LogP contribution in [0.1, 0.15) is 46.5 Å². The SMILES string of the molecule is CC(C)NC(=O)C(C)NC(=O)NC1(C(=O)O)CCCC1. The number of hydrogen-bond donors (Lipinski definition) is 4. The minimum Gasteiger partial charge on any atom is -0.480 e. The number of urea groups is 1. The Bertz CT molecular complexity index is 389. The standard InChI is InChI=1S/C13H23N3O4/c1-8(2)14-10(17)9(3)15-12(20)16-13(11(18)19)6-4-5-7-13/h8-9H,4-7H2,1-3H3,(H,14,17)(H,18,19)(H2,15,16,20). The van der Waals surface area contributed by atoms with Gasteiger partial charge in [-0.15, -0.1) is 0 Å². The minimum absolute atomic E-state index is 0.0185. The normalized spacial score (nSPS) is 18.4. The number of rotatable bonds is 5. The fourth-order valence-corrected chi connectivity index (χ4v) is 2.30. The van der Waals surface area contributed by atoms with Crippen LogP contribution in [0.15, 0.2) is 0 Å². The molecule has 0 heterocycles. The summed E-state index contributed by atoms with van der Waals surface area (Å²) in [4.78, 5) is 34.8. The van der Waals surface area contributed by atoms with E-state index in [-0.39, 0.29) is 11.9 Å². The highest BCUT2D eigenvalue weighted by Crippen LogP contribution is 2.29. The highest BCUT2D eigenvalue weighted by Gasteiger charge is 2.42. The van der Waals surface area contributed by atoms with Crippen molar-refractivity contribution in [2.75, 3.05) is 0 Å². The van der Waals surface area contributed by atoms with Gasteiger partial charge in [0, 0.05) is 6.04 Å². The predicted molar refractivity (Wildman–Crippen MR) is 73.2 cm³/mol. The molecule has 1 aliphatic carbocycles. The maximum Gasteiger partial charge on any atom is 0.329 e. The Labute approximate surface area is 118 Å². The second kappa shape index (κ2) is 6.58. The molecular weight excluding hydrogens is 262 g/mol. The summed E-state index contributed by atoms with van der Waals surface area (Å²) < 4.78 is 0. The summed E-state index contributed by atoms with van der Waals surface area (Å²) in [5, 5.41) is 16.9. The van der Waals surface area contributed by atoms with Crippen molar-refractivity contribution < 1.29 is 19.5 Å². The van der Waals surface area contributed by atoms with Gasteiger partial charge in [0.15, 0.2) is 0 Å². The molecule has 1 unspecified atom stereocenters. The minimum atomic E-state index is -1.20. The van der Waals surface area contributed by atoms with Crippen LogP contribution in [0.4, 0.5) is 4.79 Å². The molecule has 3 amide bonds. The molecule has 0 saturated heterocycles. The lowest BCUT2D eigenvalue weighted by Gasteiger charge is -2.26. The lowest BCUT2D eigenvalue weighted by Crippen LogP contribution is -2.58. The molecule has 1 saturated carbocycles. The molecule has 1 atom stereocenters. The Morgan fingerprint density at radius 1 is 1.05 bits per heavy atom. The third-order valence-electron chi connectivity index (χ3n) is 3.39. The topological polar surface area (TPSA) is 108 Å². The van der Waals surface area contributed by atoms with E-state index in [2.05, 4.69) is 16.0 Å². The van der Waals surface area contributed by atoms with Gasteiger partial charge in [-0.25, -0.2) is 9.59 Å². The molecular formula is C13H23N3O4. The van der Waals surface area contributed by atoms with Gasteiger partial charge in [-0.2, -0.15) is 0 Å². The summed E-state index contributed by atoms with van der Waals surface area (Å²) in [7, 11) is 0. The second-order valence-corrected chi connectivity index (χ2v) is 5.58. The zero-order valence-corrected chi connectivity index (χ0v) is 12.2. The van der Waals surface area contributed by atoms with Crippen molar-refractivity contribution in [3.05, 3.63) is 0 Å². The van der Waals surface area contributed by atoms with E-state index >= 15 is 0 Å². The molecule has 0 bridgehead atoms. The molecule has 0 radical (unpaired) electrons. The lowest BCUT2D eigenvalue weighted by atomic mass is 9.98. The molecule has 7 heteroatoms. The Hall–Kier alpha value is -1.79. The molecule has 114 valence electrons. The Balaban J connectivity index is 2.54. The van der Waals surface area contributed by atoms with Crippen molar-refractivity contribution in [2.45, 2.75) is 64.1 Å². The number of carboxylic acid groups (broad SMARTS) is 1. The molecule has 0 aromatic rings. The van der Waals surface area contributed by atoms with Gasteiger partial charge in [-0.3, -0.25) is 4.79 Å². The maximum atomic E-state index is 11.8. The van der Waals surface area contributed by atoms with Crippen LogP contribution in [0.3, 0.4) is 0 Å². The first-order valence-electron chi connectivity index (χ1n) is 6.89. The highest BCUT2D eigenvalue weighted by molar-refractivity contribution is 5.90. The maximum absolute atomic E-state index is 11.8. The van der Waals surface area contributed by atoms with E-state index in [4.69, 9.17) is 0 Å². The third kappa shape index (κ3) is 4.11. The van der Waals surface area contributed by atoms with E-state index in [1.807, 2.05) is 13.8 Å². The quantitative estimate of drug-likeness (QED) is 0.593. The number of nitrogens with one attached hydrogen (secondary N) is 3. The molecule has 0 spiro atoms. The van der Waals surface area contributed by atoms with Crippen molar-refractivity contribution in [2.24, 2.45) is 0 Å². The summed E-state index contributed by atoms with van der Waals surface area (Å²) >= 11 is 0. The highest BCUT2D eigenvalue weighted by atomic mass is 16.4. The van der Waals surface area contributed by atoms with Crippen LogP contribution in [0.2, 0.25) is 0 Å². The lowest BCUT2D eigenvalue weighted by molar-refractivity contribution is -0.144. The number of carboxylic acids is 1. The summed E-state index contributed by atoms with van der Waals surface area (Å²) in [5.41, 5.74) is -1.20. The molecule has 1 aliphatic rings. The van der Waals surface area contributed by atoms with Gasteiger partial charge in [-0.05, 0) is 33.6 Å². The van der Waals surface area contributed by atoms with Crippen molar-refractivity contribution in [1.82, 2.24) is 16.0 Å². The number of aliphatic carboxylic acids is 1. The first kappa shape index (κ1) is 16.3. The van der Waals surface area contributed by atoms with Crippen LogP contribution in [-0.2, 0) is 9.59 Å². The van der Waals surface area contributed by atoms with Crippen molar-refractivity contribution >= 4 is 17.9 Å². The number of carbonyl (C=O) groups excluding carboxylic acids is 2. The van der Waals surface area contributed by atoms with E-state index in [9.17, 15) is 19.5 Å². The van der Waals surface area contributed by atoms with Crippen LogP contribution in [0.25, 0.3) is 0 Å². The first-order chi connectivity index (χ1) is 9.27. The second-order valence-electron chi connectivity index (χ2n) is 5.58. The Morgan fingerprint density at radius 2 is 1.60 bits per heavy atom. The van der Waals surface area contributed by atoms with E-state index in [0.29, 0.717) is 12.8 Å². The first-order valence-corrected chi connectivity index (χ1v) is 6.89. The van der Waals surface area contributed by atoms with Gasteiger partial charge in [0.05, 0.1) is 0 Å². The largest absolute Gasteiger partial charge is 0.480 e.